The number of hydrogen-bond acceptors (Lipinski definition) is 3. The van der Waals surface area contributed by atoms with Crippen molar-refractivity contribution in [3.05, 3.63) is 76.6 Å². The molecule has 1 aromatic heterocycles. The Bertz CT molecular complexity index is 1060. The van der Waals surface area contributed by atoms with Gasteiger partial charge in [-0.3, -0.25) is 4.79 Å². The number of aromatic nitrogens is 1. The topological polar surface area (TPSA) is 43.6 Å². The predicted molar refractivity (Wildman–Crippen MR) is 108 cm³/mol. The summed E-state index contributed by atoms with van der Waals surface area (Å²) in [5, 5.41) is 0.588. The Kier molecular flexibility index (Phi) is 5.71. The fourth-order valence-corrected chi connectivity index (χ4v) is 3.81. The maximum Gasteiger partial charge on any atom is 0.272 e. The molecule has 0 N–H and O–H groups in total. The molecule has 0 saturated carbocycles. The number of thiazole rings is 1. The molecule has 3 aromatic rings. The molecule has 0 unspecified atom stereocenters. The number of carbonyl (C=O) groups excluding carboxylic acids is 1. The smallest absolute Gasteiger partial charge is 0.272 e. The molecule has 0 saturated heterocycles. The molecule has 2 aromatic carbocycles. The van der Waals surface area contributed by atoms with Gasteiger partial charge in [-0.05, 0) is 29.8 Å². The Morgan fingerprint density at radius 2 is 2.12 bits per heavy atom. The van der Waals surface area contributed by atoms with Gasteiger partial charge in [0.1, 0.15) is 11.3 Å². The molecule has 4 nitrogen and oxygen atoms in total. The standard InChI is InChI=1S/C20H17ClN2O2S/c1-3-13-23-19-16(25-2)9-6-10-17(19)26-20(23)22-18(24)12-11-14-7-4-5-8-15(14)21/h3-12H,1,13H2,2H3/b12-11+,22-20?. The largest absolute Gasteiger partial charge is 0.495 e. The lowest BCUT2D eigenvalue weighted by Gasteiger charge is -2.05. The van der Waals surface area contributed by atoms with Crippen LogP contribution in [0.25, 0.3) is 16.3 Å². The number of methoxy groups -OCH3 is 1. The van der Waals surface area contributed by atoms with Crippen molar-refractivity contribution in [1.29, 1.82) is 0 Å². The van der Waals surface area contributed by atoms with Crippen LogP contribution in [0, 0.1) is 0 Å². The van der Waals surface area contributed by atoms with Gasteiger partial charge >= 0.3 is 0 Å². The third-order valence-electron chi connectivity index (χ3n) is 3.71. The Labute approximate surface area is 160 Å². The third-order valence-corrected chi connectivity index (χ3v) is 5.10. The first-order chi connectivity index (χ1) is 12.6. The van der Waals surface area contributed by atoms with E-state index in [2.05, 4.69) is 11.6 Å². The summed E-state index contributed by atoms with van der Waals surface area (Å²) in [5.74, 6) is 0.384. The van der Waals surface area contributed by atoms with E-state index in [1.165, 1.54) is 17.4 Å². The lowest BCUT2D eigenvalue weighted by Crippen LogP contribution is -2.15. The van der Waals surface area contributed by atoms with Crippen molar-refractivity contribution in [3.8, 4) is 5.75 Å². The first-order valence-electron chi connectivity index (χ1n) is 7.92. The van der Waals surface area contributed by atoms with Crippen LogP contribution in [0.4, 0.5) is 0 Å². The number of benzene rings is 2. The third kappa shape index (κ3) is 3.79. The van der Waals surface area contributed by atoms with E-state index >= 15 is 0 Å². The van der Waals surface area contributed by atoms with E-state index in [0.29, 0.717) is 16.4 Å². The number of halogens is 1. The Morgan fingerprint density at radius 3 is 2.85 bits per heavy atom. The number of hydrogen-bond donors (Lipinski definition) is 0. The zero-order valence-electron chi connectivity index (χ0n) is 14.2. The minimum absolute atomic E-state index is 0.353. The zero-order chi connectivity index (χ0) is 18.5. The first kappa shape index (κ1) is 18.2. The van der Waals surface area contributed by atoms with Crippen LogP contribution in [0.5, 0.6) is 5.75 Å². The summed E-state index contributed by atoms with van der Waals surface area (Å²) < 4.78 is 8.36. The van der Waals surface area contributed by atoms with Gasteiger partial charge in [0, 0.05) is 17.6 Å². The molecule has 1 heterocycles. The number of carbonyl (C=O) groups is 1. The van der Waals surface area contributed by atoms with E-state index < -0.39 is 0 Å². The van der Waals surface area contributed by atoms with Crippen molar-refractivity contribution in [2.45, 2.75) is 6.54 Å². The Hall–Kier alpha value is -2.63. The second-order valence-corrected chi connectivity index (χ2v) is 6.81. The highest BCUT2D eigenvalue weighted by molar-refractivity contribution is 7.16. The fraction of sp³-hybridized carbons (Fsp3) is 0.100. The predicted octanol–water partition coefficient (Wildman–Crippen LogP) is 4.69. The fourth-order valence-electron chi connectivity index (χ4n) is 2.55. The SMILES string of the molecule is C=CCn1c(=NC(=O)/C=C/c2ccccc2Cl)sc2cccc(OC)c21. The van der Waals surface area contributed by atoms with Crippen molar-refractivity contribution < 1.29 is 9.53 Å². The molecule has 3 rings (SSSR count). The van der Waals surface area contributed by atoms with E-state index in [1.807, 2.05) is 41.0 Å². The van der Waals surface area contributed by atoms with Crippen LogP contribution < -0.4 is 9.54 Å². The Balaban J connectivity index is 2.03. The minimum Gasteiger partial charge on any atom is -0.495 e. The van der Waals surface area contributed by atoms with Crippen LogP contribution in [0.3, 0.4) is 0 Å². The number of rotatable bonds is 5. The number of para-hydroxylation sites is 1. The molecule has 0 bridgehead atoms. The molecular formula is C20H17ClN2O2S. The molecule has 1 amide bonds. The van der Waals surface area contributed by atoms with Gasteiger partial charge in [0.25, 0.3) is 5.91 Å². The monoisotopic (exact) mass is 384 g/mol. The van der Waals surface area contributed by atoms with Crippen molar-refractivity contribution in [3.63, 3.8) is 0 Å². The average Bonchev–Trinajstić information content (AvgIpc) is 2.98. The average molecular weight is 385 g/mol. The molecule has 0 aliphatic heterocycles. The van der Waals surface area contributed by atoms with Crippen molar-refractivity contribution in [1.82, 2.24) is 4.57 Å². The molecule has 0 radical (unpaired) electrons. The van der Waals surface area contributed by atoms with E-state index in [-0.39, 0.29) is 5.91 Å². The number of fused-ring (bicyclic) bond motifs is 1. The normalized spacial score (nSPS) is 12.0. The number of allylic oxidation sites excluding steroid dienone is 1. The number of nitrogens with zero attached hydrogens (tertiary/aromatic N) is 2. The molecule has 0 atom stereocenters. The van der Waals surface area contributed by atoms with Gasteiger partial charge in [-0.25, -0.2) is 0 Å². The Morgan fingerprint density at radius 1 is 1.31 bits per heavy atom. The zero-order valence-corrected chi connectivity index (χ0v) is 15.8. The van der Waals surface area contributed by atoms with Gasteiger partial charge in [0.2, 0.25) is 0 Å². The van der Waals surface area contributed by atoms with E-state index in [4.69, 9.17) is 16.3 Å². The summed E-state index contributed by atoms with van der Waals surface area (Å²) in [4.78, 5) is 17.2. The van der Waals surface area contributed by atoms with Gasteiger partial charge in [0.05, 0.1) is 11.8 Å². The number of ether oxygens (including phenoxy) is 1. The van der Waals surface area contributed by atoms with Gasteiger partial charge in [-0.15, -0.1) is 6.58 Å². The minimum atomic E-state index is -0.353. The van der Waals surface area contributed by atoms with Crippen LogP contribution >= 0.6 is 22.9 Å². The molecule has 132 valence electrons. The second kappa shape index (κ2) is 8.17. The van der Waals surface area contributed by atoms with Crippen LogP contribution in [0.1, 0.15) is 5.56 Å². The van der Waals surface area contributed by atoms with Crippen LogP contribution in [0.15, 0.2) is 66.2 Å². The molecule has 0 fully saturated rings. The van der Waals surface area contributed by atoms with E-state index in [0.717, 1.165) is 21.5 Å². The molecule has 26 heavy (non-hydrogen) atoms. The summed E-state index contributed by atoms with van der Waals surface area (Å²) in [6.45, 7) is 4.32. The van der Waals surface area contributed by atoms with Gasteiger partial charge in [-0.2, -0.15) is 4.99 Å². The molecule has 0 aliphatic carbocycles. The van der Waals surface area contributed by atoms with Crippen molar-refractivity contribution >= 4 is 45.1 Å². The van der Waals surface area contributed by atoms with E-state index in [1.54, 1.807) is 25.3 Å². The molecule has 0 aliphatic rings. The van der Waals surface area contributed by atoms with Crippen LogP contribution in [0.2, 0.25) is 5.02 Å². The quantitative estimate of drug-likeness (QED) is 0.473. The van der Waals surface area contributed by atoms with Gasteiger partial charge in [0.15, 0.2) is 4.80 Å². The van der Waals surface area contributed by atoms with Crippen LogP contribution in [-0.4, -0.2) is 17.6 Å². The van der Waals surface area contributed by atoms with E-state index in [9.17, 15) is 4.79 Å². The van der Waals surface area contributed by atoms with Crippen LogP contribution in [-0.2, 0) is 11.3 Å². The second-order valence-electron chi connectivity index (χ2n) is 5.40. The maximum atomic E-state index is 12.3. The highest BCUT2D eigenvalue weighted by Gasteiger charge is 2.10. The highest BCUT2D eigenvalue weighted by atomic mass is 35.5. The van der Waals surface area contributed by atoms with Gasteiger partial charge in [-0.1, -0.05) is 53.3 Å². The summed E-state index contributed by atoms with van der Waals surface area (Å²) in [6.07, 6.45) is 4.85. The highest BCUT2D eigenvalue weighted by Crippen LogP contribution is 2.27. The summed E-state index contributed by atoms with van der Waals surface area (Å²) in [6, 6.07) is 13.1. The summed E-state index contributed by atoms with van der Waals surface area (Å²) >= 11 is 7.54. The number of amides is 1. The van der Waals surface area contributed by atoms with Gasteiger partial charge < -0.3 is 9.30 Å². The first-order valence-corrected chi connectivity index (χ1v) is 9.12. The molecule has 6 heteroatoms. The lowest BCUT2D eigenvalue weighted by molar-refractivity contribution is -0.113. The molecule has 0 spiro atoms. The van der Waals surface area contributed by atoms with Crippen molar-refractivity contribution in [2.24, 2.45) is 4.99 Å². The lowest BCUT2D eigenvalue weighted by atomic mass is 10.2. The maximum absolute atomic E-state index is 12.3. The van der Waals surface area contributed by atoms with Crippen molar-refractivity contribution in [2.75, 3.05) is 7.11 Å². The summed E-state index contributed by atoms with van der Waals surface area (Å²) in [7, 11) is 1.62. The molecular weight excluding hydrogens is 368 g/mol. The summed E-state index contributed by atoms with van der Waals surface area (Å²) in [5.41, 5.74) is 1.68.